The number of carbonyl (C=O) groups is 3. The molecule has 1 atom stereocenters. The number of nitrogens with zero attached hydrogens (tertiary/aromatic N) is 1. The highest BCUT2D eigenvalue weighted by Gasteiger charge is 2.33. The van der Waals surface area contributed by atoms with Crippen molar-refractivity contribution >= 4 is 17.7 Å². The van der Waals surface area contributed by atoms with Gasteiger partial charge in [-0.3, -0.25) is 14.4 Å². The number of nitrogens with one attached hydrogen (secondary N) is 2. The molecule has 1 heterocycles. The molecular weight excluding hydrogens is 434 g/mol. The second kappa shape index (κ2) is 12.4. The van der Waals surface area contributed by atoms with E-state index in [1.54, 1.807) is 13.2 Å². The molecular formula is C26H35N3O5. The molecule has 1 aromatic heterocycles. The first-order valence-electron chi connectivity index (χ1n) is 11.9. The van der Waals surface area contributed by atoms with Gasteiger partial charge in [0.2, 0.25) is 11.8 Å². The monoisotopic (exact) mass is 469 g/mol. The first kappa shape index (κ1) is 25.5. The van der Waals surface area contributed by atoms with E-state index in [4.69, 9.17) is 9.15 Å². The van der Waals surface area contributed by atoms with Gasteiger partial charge in [0.25, 0.3) is 5.91 Å². The number of benzene rings is 1. The Morgan fingerprint density at radius 1 is 1.09 bits per heavy atom. The van der Waals surface area contributed by atoms with Crippen molar-refractivity contribution in [1.29, 1.82) is 0 Å². The number of amides is 3. The van der Waals surface area contributed by atoms with E-state index in [1.165, 1.54) is 17.2 Å². The number of methoxy groups -OCH3 is 1. The minimum absolute atomic E-state index is 0.114. The standard InChI is InChI=1S/C26H35N3O5/c1-18(2)19-10-12-20(13-11-19)24(26(32)28-21-7-4-5-8-21)29(14-16-33-3)23(30)17-27-25(31)22-9-6-15-34-22/h6,9-13,15,18,21,24H,4-5,7-8,14,16-17H2,1-3H3,(H,27,31)(H,28,32)/t24-/m1/s1. The molecule has 3 rings (SSSR count). The molecule has 34 heavy (non-hydrogen) atoms. The normalized spacial score (nSPS) is 14.7. The van der Waals surface area contributed by atoms with Crippen LogP contribution in [0.2, 0.25) is 0 Å². The van der Waals surface area contributed by atoms with Crippen molar-refractivity contribution in [1.82, 2.24) is 15.5 Å². The summed E-state index contributed by atoms with van der Waals surface area (Å²) in [6.45, 7) is 4.42. The van der Waals surface area contributed by atoms with Crippen LogP contribution in [0.25, 0.3) is 0 Å². The molecule has 1 aliphatic rings. The molecule has 1 aromatic carbocycles. The molecule has 0 radical (unpaired) electrons. The lowest BCUT2D eigenvalue weighted by Gasteiger charge is -2.32. The Balaban J connectivity index is 1.84. The van der Waals surface area contributed by atoms with E-state index in [9.17, 15) is 14.4 Å². The summed E-state index contributed by atoms with van der Waals surface area (Å²) in [6, 6.07) is 10.2. The maximum absolute atomic E-state index is 13.5. The Morgan fingerprint density at radius 3 is 2.35 bits per heavy atom. The fourth-order valence-electron chi connectivity index (χ4n) is 4.23. The van der Waals surface area contributed by atoms with Crippen LogP contribution in [0, 0.1) is 0 Å². The Labute approximate surface area is 201 Å². The van der Waals surface area contributed by atoms with E-state index in [-0.39, 0.29) is 43.3 Å². The van der Waals surface area contributed by atoms with Crippen LogP contribution in [-0.4, -0.2) is 55.5 Å². The van der Waals surface area contributed by atoms with Gasteiger partial charge in [-0.15, -0.1) is 0 Å². The average Bonchev–Trinajstić information content (AvgIpc) is 3.54. The van der Waals surface area contributed by atoms with E-state index in [1.807, 2.05) is 24.3 Å². The molecule has 0 spiro atoms. The highest BCUT2D eigenvalue weighted by molar-refractivity contribution is 5.95. The Morgan fingerprint density at radius 2 is 1.76 bits per heavy atom. The number of rotatable bonds is 11. The first-order valence-corrected chi connectivity index (χ1v) is 11.9. The zero-order chi connectivity index (χ0) is 24.5. The smallest absolute Gasteiger partial charge is 0.287 e. The highest BCUT2D eigenvalue weighted by Crippen LogP contribution is 2.26. The molecule has 0 aliphatic heterocycles. The summed E-state index contributed by atoms with van der Waals surface area (Å²) in [7, 11) is 1.55. The van der Waals surface area contributed by atoms with E-state index in [0.29, 0.717) is 5.92 Å². The summed E-state index contributed by atoms with van der Waals surface area (Å²) < 4.78 is 10.3. The third-order valence-electron chi connectivity index (χ3n) is 6.18. The maximum atomic E-state index is 13.5. The van der Waals surface area contributed by atoms with E-state index in [2.05, 4.69) is 24.5 Å². The van der Waals surface area contributed by atoms with Gasteiger partial charge in [0.15, 0.2) is 5.76 Å². The Kier molecular flexibility index (Phi) is 9.27. The van der Waals surface area contributed by atoms with Crippen LogP contribution in [0.15, 0.2) is 47.1 Å². The van der Waals surface area contributed by atoms with Crippen LogP contribution in [0.3, 0.4) is 0 Å². The molecule has 0 bridgehead atoms. The Hall–Kier alpha value is -3.13. The van der Waals surface area contributed by atoms with Crippen LogP contribution in [0.5, 0.6) is 0 Å². The molecule has 184 valence electrons. The number of furan rings is 1. The van der Waals surface area contributed by atoms with Gasteiger partial charge >= 0.3 is 0 Å². The highest BCUT2D eigenvalue weighted by atomic mass is 16.5. The van der Waals surface area contributed by atoms with Gasteiger partial charge in [0.05, 0.1) is 19.4 Å². The van der Waals surface area contributed by atoms with Crippen LogP contribution < -0.4 is 10.6 Å². The van der Waals surface area contributed by atoms with Crippen molar-refractivity contribution < 1.29 is 23.5 Å². The molecule has 0 saturated heterocycles. The van der Waals surface area contributed by atoms with Crippen LogP contribution in [-0.2, 0) is 14.3 Å². The zero-order valence-electron chi connectivity index (χ0n) is 20.2. The SMILES string of the molecule is COCCN(C(=O)CNC(=O)c1ccco1)[C@@H](C(=O)NC1CCCC1)c1ccc(C(C)C)cc1. The lowest BCUT2D eigenvalue weighted by molar-refractivity contribution is -0.141. The van der Waals surface area contributed by atoms with Crippen molar-refractivity contribution in [3.05, 3.63) is 59.5 Å². The number of hydrogen-bond donors (Lipinski definition) is 2. The molecule has 8 heteroatoms. The van der Waals surface area contributed by atoms with Gasteiger partial charge in [0.1, 0.15) is 6.04 Å². The van der Waals surface area contributed by atoms with Gasteiger partial charge in [-0.25, -0.2) is 0 Å². The first-order chi connectivity index (χ1) is 16.4. The molecule has 0 unspecified atom stereocenters. The second-order valence-corrected chi connectivity index (χ2v) is 8.95. The lowest BCUT2D eigenvalue weighted by atomic mass is 9.97. The van der Waals surface area contributed by atoms with Crippen molar-refractivity contribution in [3.63, 3.8) is 0 Å². The summed E-state index contributed by atoms with van der Waals surface area (Å²) in [5.41, 5.74) is 1.88. The molecule has 8 nitrogen and oxygen atoms in total. The third kappa shape index (κ3) is 6.70. The molecule has 1 fully saturated rings. The van der Waals surface area contributed by atoms with E-state index >= 15 is 0 Å². The summed E-state index contributed by atoms with van der Waals surface area (Å²) in [6.07, 6.45) is 5.45. The maximum Gasteiger partial charge on any atom is 0.287 e. The van der Waals surface area contributed by atoms with Crippen molar-refractivity contribution in [2.45, 2.75) is 57.5 Å². The van der Waals surface area contributed by atoms with Gasteiger partial charge in [-0.05, 0) is 42.0 Å². The predicted octanol–water partition coefficient (Wildman–Crippen LogP) is 3.41. The minimum Gasteiger partial charge on any atom is -0.459 e. The summed E-state index contributed by atoms with van der Waals surface area (Å²) >= 11 is 0. The Bertz CT molecular complexity index is 934. The largest absolute Gasteiger partial charge is 0.459 e. The quantitative estimate of drug-likeness (QED) is 0.525. The summed E-state index contributed by atoms with van der Waals surface area (Å²) in [5.74, 6) is -0.611. The van der Waals surface area contributed by atoms with Gasteiger partial charge < -0.3 is 24.7 Å². The predicted molar refractivity (Wildman–Crippen MR) is 128 cm³/mol. The van der Waals surface area contributed by atoms with Gasteiger partial charge in [-0.1, -0.05) is 51.0 Å². The van der Waals surface area contributed by atoms with Gasteiger partial charge in [0, 0.05) is 19.7 Å². The minimum atomic E-state index is -0.829. The van der Waals surface area contributed by atoms with Crippen molar-refractivity contribution in [3.8, 4) is 0 Å². The fourth-order valence-corrected chi connectivity index (χ4v) is 4.23. The second-order valence-electron chi connectivity index (χ2n) is 8.95. The van der Waals surface area contributed by atoms with Crippen LogP contribution in [0.1, 0.15) is 73.2 Å². The summed E-state index contributed by atoms with van der Waals surface area (Å²) in [5, 5.41) is 5.73. The molecule has 2 aromatic rings. The molecule has 2 N–H and O–H groups in total. The van der Waals surface area contributed by atoms with Crippen molar-refractivity contribution in [2.75, 3.05) is 26.8 Å². The van der Waals surface area contributed by atoms with Crippen LogP contribution in [0.4, 0.5) is 0 Å². The van der Waals surface area contributed by atoms with E-state index < -0.39 is 11.9 Å². The number of ether oxygens (including phenoxy) is 1. The zero-order valence-corrected chi connectivity index (χ0v) is 20.2. The average molecular weight is 470 g/mol. The number of carbonyl (C=O) groups excluding carboxylic acids is 3. The molecule has 3 amide bonds. The third-order valence-corrected chi connectivity index (χ3v) is 6.18. The topological polar surface area (TPSA) is 101 Å². The van der Waals surface area contributed by atoms with Crippen molar-refractivity contribution in [2.24, 2.45) is 0 Å². The van der Waals surface area contributed by atoms with Gasteiger partial charge in [-0.2, -0.15) is 0 Å². The van der Waals surface area contributed by atoms with Crippen LogP contribution >= 0.6 is 0 Å². The number of hydrogen-bond acceptors (Lipinski definition) is 5. The lowest BCUT2D eigenvalue weighted by Crippen LogP contribution is -2.49. The summed E-state index contributed by atoms with van der Waals surface area (Å²) in [4.78, 5) is 40.6. The van der Waals surface area contributed by atoms with E-state index in [0.717, 1.165) is 36.8 Å². The molecule has 1 aliphatic carbocycles. The fraction of sp³-hybridized carbons (Fsp3) is 0.500. The molecule has 1 saturated carbocycles.